The third-order valence-corrected chi connectivity index (χ3v) is 8.03. The van der Waals surface area contributed by atoms with Gasteiger partial charge in [-0.25, -0.2) is 18.5 Å². The average Bonchev–Trinajstić information content (AvgIpc) is 3.33. The lowest BCUT2D eigenvalue weighted by atomic mass is 10.0. The van der Waals surface area contributed by atoms with E-state index in [2.05, 4.69) is 15.2 Å². The topological polar surface area (TPSA) is 135 Å². The van der Waals surface area contributed by atoms with Crippen LogP contribution in [0.2, 0.25) is 0 Å². The summed E-state index contributed by atoms with van der Waals surface area (Å²) in [5.41, 5.74) is 10.5. The molecule has 1 aromatic heterocycles. The molecule has 3 aromatic rings. The number of carbonyl (C=O) groups excluding carboxylic acids is 1. The van der Waals surface area contributed by atoms with Crippen molar-refractivity contribution >= 4 is 27.4 Å². The molecule has 2 aliphatic heterocycles. The molecule has 1 unspecified atom stereocenters. The van der Waals surface area contributed by atoms with Crippen molar-refractivity contribution < 1.29 is 13.2 Å². The summed E-state index contributed by atoms with van der Waals surface area (Å²) in [6.45, 7) is 2.89. The highest BCUT2D eigenvalue weighted by atomic mass is 32.2. The number of nitrogens with two attached hydrogens (primary N) is 2. The number of carbonyl (C=O) groups is 1. The Balaban J connectivity index is 1.15. The van der Waals surface area contributed by atoms with Crippen molar-refractivity contribution in [3.63, 3.8) is 0 Å². The van der Waals surface area contributed by atoms with Crippen molar-refractivity contribution in [2.45, 2.75) is 30.3 Å². The van der Waals surface area contributed by atoms with Gasteiger partial charge in [0.2, 0.25) is 10.0 Å². The van der Waals surface area contributed by atoms with Crippen LogP contribution in [0.5, 0.6) is 0 Å². The highest BCUT2D eigenvalue weighted by molar-refractivity contribution is 7.89. The minimum absolute atomic E-state index is 0.0249. The first kappa shape index (κ1) is 24.2. The smallest absolute Gasteiger partial charge is 0.253 e. The fraction of sp³-hybridized carbons (Fsp3) is 0.308. The first-order chi connectivity index (χ1) is 17.3. The number of nitrogens with one attached hydrogen (secondary N) is 1. The number of aryl methyl sites for hydroxylation is 2. The molecule has 0 bridgehead atoms. The fourth-order valence-electron chi connectivity index (χ4n) is 5.00. The number of nitrogens with zero attached hydrogens (tertiary/aromatic N) is 3. The fourth-order valence-corrected chi connectivity index (χ4v) is 5.81. The molecule has 5 N–H and O–H groups in total. The Morgan fingerprint density at radius 1 is 1.00 bits per heavy atom. The van der Waals surface area contributed by atoms with Gasteiger partial charge >= 0.3 is 0 Å². The van der Waals surface area contributed by atoms with Gasteiger partial charge in [0.05, 0.1) is 11.1 Å². The highest BCUT2D eigenvalue weighted by Crippen LogP contribution is 2.30. The molecule has 2 aliphatic rings. The van der Waals surface area contributed by atoms with E-state index < -0.39 is 10.0 Å². The third-order valence-electron chi connectivity index (χ3n) is 7.01. The second kappa shape index (κ2) is 9.88. The first-order valence-corrected chi connectivity index (χ1v) is 13.6. The first-order valence-electron chi connectivity index (χ1n) is 12.0. The summed E-state index contributed by atoms with van der Waals surface area (Å²) in [6.07, 6.45) is 3.89. The lowest BCUT2D eigenvalue weighted by Crippen LogP contribution is -2.53. The molecule has 3 heterocycles. The minimum atomic E-state index is -3.76. The number of fused-ring (bicyclic) bond motifs is 1. The number of benzene rings is 2. The SMILES string of the molecule is Nc1nccc2c1CC(N1CCN(C(=O)c3ccc(CCc4ccccc4S(N)(=O)=O)cc3)CC1)N2. The second-order valence-electron chi connectivity index (χ2n) is 9.26. The summed E-state index contributed by atoms with van der Waals surface area (Å²) in [5.74, 6) is 0.602. The zero-order valence-electron chi connectivity index (χ0n) is 19.9. The van der Waals surface area contributed by atoms with Gasteiger partial charge in [0.25, 0.3) is 5.91 Å². The molecule has 0 spiro atoms. The van der Waals surface area contributed by atoms with Gasteiger partial charge in [-0.1, -0.05) is 30.3 Å². The van der Waals surface area contributed by atoms with Crippen LogP contribution >= 0.6 is 0 Å². The maximum atomic E-state index is 13.1. The predicted molar refractivity (Wildman–Crippen MR) is 139 cm³/mol. The summed E-state index contributed by atoms with van der Waals surface area (Å²) in [7, 11) is -3.76. The molecular formula is C26H30N6O3S. The van der Waals surface area contributed by atoms with Gasteiger partial charge in [0.1, 0.15) is 5.82 Å². The van der Waals surface area contributed by atoms with E-state index in [4.69, 9.17) is 10.9 Å². The molecule has 1 amide bonds. The van der Waals surface area contributed by atoms with Crippen molar-refractivity contribution in [1.82, 2.24) is 14.8 Å². The number of hydrogen-bond donors (Lipinski definition) is 3. The molecule has 36 heavy (non-hydrogen) atoms. The van der Waals surface area contributed by atoms with Crippen LogP contribution in [0.3, 0.4) is 0 Å². The number of primary sulfonamides is 1. The zero-order chi connectivity index (χ0) is 25.3. The van der Waals surface area contributed by atoms with E-state index in [0.29, 0.717) is 42.9 Å². The van der Waals surface area contributed by atoms with E-state index >= 15 is 0 Å². The van der Waals surface area contributed by atoms with Gasteiger partial charge in [0, 0.05) is 55.6 Å². The third kappa shape index (κ3) is 5.06. The Labute approximate surface area is 211 Å². The van der Waals surface area contributed by atoms with Gasteiger partial charge in [-0.05, 0) is 48.2 Å². The Kier molecular flexibility index (Phi) is 6.65. The van der Waals surface area contributed by atoms with E-state index in [1.165, 1.54) is 6.07 Å². The highest BCUT2D eigenvalue weighted by Gasteiger charge is 2.31. The number of hydrogen-bond acceptors (Lipinski definition) is 7. The monoisotopic (exact) mass is 506 g/mol. The van der Waals surface area contributed by atoms with E-state index in [-0.39, 0.29) is 17.0 Å². The number of aromatic nitrogens is 1. The summed E-state index contributed by atoms with van der Waals surface area (Å²) in [6, 6.07) is 16.3. The molecule has 1 saturated heterocycles. The van der Waals surface area contributed by atoms with Crippen LogP contribution in [0.1, 0.15) is 27.0 Å². The van der Waals surface area contributed by atoms with Gasteiger partial charge < -0.3 is 16.0 Å². The molecule has 5 rings (SSSR count). The number of nitrogen functional groups attached to an aromatic ring is 1. The molecular weight excluding hydrogens is 476 g/mol. The summed E-state index contributed by atoms with van der Waals surface area (Å²) in [4.78, 5) is 21.7. The van der Waals surface area contributed by atoms with Crippen molar-refractivity contribution in [3.8, 4) is 0 Å². The number of piperazine rings is 1. The lowest BCUT2D eigenvalue weighted by Gasteiger charge is -2.38. The maximum absolute atomic E-state index is 13.1. The average molecular weight is 507 g/mol. The lowest BCUT2D eigenvalue weighted by molar-refractivity contribution is 0.0594. The maximum Gasteiger partial charge on any atom is 0.253 e. The summed E-state index contributed by atoms with van der Waals surface area (Å²) >= 11 is 0. The Morgan fingerprint density at radius 2 is 1.72 bits per heavy atom. The molecule has 0 aliphatic carbocycles. The number of pyridine rings is 1. The van der Waals surface area contributed by atoms with E-state index in [9.17, 15) is 13.2 Å². The van der Waals surface area contributed by atoms with Gasteiger partial charge in [0.15, 0.2) is 0 Å². The largest absolute Gasteiger partial charge is 0.383 e. The molecule has 0 saturated carbocycles. The molecule has 188 valence electrons. The van der Waals surface area contributed by atoms with Crippen molar-refractivity contribution in [2.24, 2.45) is 5.14 Å². The minimum Gasteiger partial charge on any atom is -0.383 e. The molecule has 0 radical (unpaired) electrons. The van der Waals surface area contributed by atoms with E-state index in [0.717, 1.165) is 36.3 Å². The number of rotatable bonds is 6. The molecule has 2 aromatic carbocycles. The Bertz CT molecular complexity index is 1370. The van der Waals surface area contributed by atoms with Crippen LogP contribution in [0.15, 0.2) is 65.7 Å². The van der Waals surface area contributed by atoms with Crippen molar-refractivity contribution in [1.29, 1.82) is 0 Å². The Morgan fingerprint density at radius 3 is 2.42 bits per heavy atom. The van der Waals surface area contributed by atoms with Crippen molar-refractivity contribution in [2.75, 3.05) is 37.2 Å². The Hall–Kier alpha value is -3.47. The number of anilines is 2. The molecule has 1 fully saturated rings. The van der Waals surface area contributed by atoms with Crippen LogP contribution in [0, 0.1) is 0 Å². The predicted octanol–water partition coefficient (Wildman–Crippen LogP) is 1.85. The molecule has 9 nitrogen and oxygen atoms in total. The van der Waals surface area contributed by atoms with Gasteiger partial charge in [-0.2, -0.15) is 0 Å². The zero-order valence-corrected chi connectivity index (χ0v) is 20.7. The van der Waals surface area contributed by atoms with Gasteiger partial charge in [-0.15, -0.1) is 0 Å². The number of sulfonamides is 1. The van der Waals surface area contributed by atoms with Crippen molar-refractivity contribution in [3.05, 3.63) is 83.0 Å². The van der Waals surface area contributed by atoms with Crippen LogP contribution in [-0.4, -0.2) is 61.5 Å². The summed E-state index contributed by atoms with van der Waals surface area (Å²) < 4.78 is 23.6. The quantitative estimate of drug-likeness (QED) is 0.464. The van der Waals surface area contributed by atoms with Crippen LogP contribution in [0.25, 0.3) is 0 Å². The molecule has 1 atom stereocenters. The standard InChI is InChI=1S/C26H30N6O3S/c27-25-21-17-24(30-22(21)11-12-29-25)31-13-15-32(16-14-31)26(33)20-9-6-18(7-10-20)5-8-19-3-1-2-4-23(19)36(28,34)35/h1-4,6-7,9-12,24,30H,5,8,13-17H2,(H2,27,29)(H2,28,34,35). The molecule has 10 heteroatoms. The van der Waals surface area contributed by atoms with E-state index in [1.54, 1.807) is 24.4 Å². The van der Waals surface area contributed by atoms with Crippen LogP contribution in [-0.2, 0) is 29.3 Å². The second-order valence-corrected chi connectivity index (χ2v) is 10.8. The van der Waals surface area contributed by atoms with Crippen LogP contribution < -0.4 is 16.2 Å². The van der Waals surface area contributed by atoms with Gasteiger partial charge in [-0.3, -0.25) is 9.69 Å². The summed E-state index contributed by atoms with van der Waals surface area (Å²) in [5, 5.41) is 8.86. The van der Waals surface area contributed by atoms with E-state index in [1.807, 2.05) is 35.2 Å². The normalized spacial score (nSPS) is 18.0. The van der Waals surface area contributed by atoms with Crippen LogP contribution in [0.4, 0.5) is 11.5 Å². The number of amides is 1.